The van der Waals surface area contributed by atoms with E-state index in [1.807, 2.05) is 18.2 Å². The van der Waals surface area contributed by atoms with Gasteiger partial charge in [-0.2, -0.15) is 0 Å². The first kappa shape index (κ1) is 22.7. The first-order valence-electron chi connectivity index (χ1n) is 10.4. The monoisotopic (exact) mass is 401 g/mol. The van der Waals surface area contributed by atoms with Crippen molar-refractivity contribution in [2.24, 2.45) is 4.99 Å². The Morgan fingerprint density at radius 2 is 1.83 bits per heavy atom. The number of guanidine groups is 1. The van der Waals surface area contributed by atoms with Gasteiger partial charge in [-0.1, -0.05) is 45.0 Å². The number of nitrogens with one attached hydrogen (secondary N) is 2. The van der Waals surface area contributed by atoms with Gasteiger partial charge in [0.05, 0.1) is 12.2 Å². The molecule has 0 fully saturated rings. The number of rotatable bonds is 11. The van der Waals surface area contributed by atoms with Gasteiger partial charge in [0.2, 0.25) is 0 Å². The predicted octanol–water partition coefficient (Wildman–Crippen LogP) is 3.38. The largest absolute Gasteiger partial charge is 0.492 e. The molecule has 0 saturated heterocycles. The lowest BCUT2D eigenvalue weighted by atomic mass is 10.1. The Morgan fingerprint density at radius 1 is 1.14 bits per heavy atom. The molecular formula is C22H35N5O2. The van der Waals surface area contributed by atoms with E-state index in [2.05, 4.69) is 65.5 Å². The third-order valence-electron chi connectivity index (χ3n) is 4.78. The van der Waals surface area contributed by atoms with E-state index in [0.717, 1.165) is 42.4 Å². The lowest BCUT2D eigenvalue weighted by Gasteiger charge is -2.18. The van der Waals surface area contributed by atoms with Crippen LogP contribution in [0.1, 0.15) is 50.6 Å². The minimum atomic E-state index is 0.356. The zero-order valence-electron chi connectivity index (χ0n) is 18.4. The SMILES string of the molecule is CCN(CC)CCOc1ccc(CNC(=NC)NCc2cc(C(C)C)no2)cc1. The molecule has 0 amide bonds. The Balaban J connectivity index is 1.74. The highest BCUT2D eigenvalue weighted by Crippen LogP contribution is 2.14. The first-order chi connectivity index (χ1) is 14.0. The van der Waals surface area contributed by atoms with Gasteiger partial charge in [-0.25, -0.2) is 0 Å². The highest BCUT2D eigenvalue weighted by molar-refractivity contribution is 5.79. The minimum Gasteiger partial charge on any atom is -0.492 e. The number of aromatic nitrogens is 1. The van der Waals surface area contributed by atoms with Gasteiger partial charge in [0.25, 0.3) is 0 Å². The van der Waals surface area contributed by atoms with Gasteiger partial charge in [-0.3, -0.25) is 4.99 Å². The summed E-state index contributed by atoms with van der Waals surface area (Å²) in [6, 6.07) is 10.1. The number of ether oxygens (including phenoxy) is 1. The molecule has 0 spiro atoms. The maximum atomic E-state index is 5.83. The van der Waals surface area contributed by atoms with Crippen molar-refractivity contribution in [1.82, 2.24) is 20.7 Å². The molecule has 0 aliphatic carbocycles. The van der Waals surface area contributed by atoms with E-state index in [0.29, 0.717) is 31.6 Å². The molecule has 1 aromatic heterocycles. The Hall–Kier alpha value is -2.54. The van der Waals surface area contributed by atoms with Crippen molar-refractivity contribution in [3.8, 4) is 5.75 Å². The van der Waals surface area contributed by atoms with Crippen LogP contribution in [0.4, 0.5) is 0 Å². The number of aliphatic imine (C=N–C) groups is 1. The third-order valence-corrected chi connectivity index (χ3v) is 4.78. The van der Waals surface area contributed by atoms with Crippen molar-refractivity contribution in [2.45, 2.75) is 46.7 Å². The zero-order valence-corrected chi connectivity index (χ0v) is 18.4. The van der Waals surface area contributed by atoms with E-state index in [9.17, 15) is 0 Å². The fourth-order valence-electron chi connectivity index (χ4n) is 2.80. The fraction of sp³-hybridized carbons (Fsp3) is 0.545. The maximum Gasteiger partial charge on any atom is 0.191 e. The van der Waals surface area contributed by atoms with Crippen LogP contribution >= 0.6 is 0 Å². The Bertz CT molecular complexity index is 736. The van der Waals surface area contributed by atoms with Gasteiger partial charge in [-0.05, 0) is 36.7 Å². The molecule has 0 bridgehead atoms. The summed E-state index contributed by atoms with van der Waals surface area (Å²) in [4.78, 5) is 6.60. The molecule has 160 valence electrons. The molecule has 2 rings (SSSR count). The van der Waals surface area contributed by atoms with Crippen LogP contribution in [0.15, 0.2) is 39.8 Å². The molecule has 0 unspecified atom stereocenters. The van der Waals surface area contributed by atoms with Gasteiger partial charge in [0.15, 0.2) is 11.7 Å². The van der Waals surface area contributed by atoms with Gasteiger partial charge < -0.3 is 24.8 Å². The van der Waals surface area contributed by atoms with E-state index in [-0.39, 0.29) is 0 Å². The lowest BCUT2D eigenvalue weighted by Crippen LogP contribution is -2.36. The molecular weight excluding hydrogens is 366 g/mol. The summed E-state index contributed by atoms with van der Waals surface area (Å²) in [6.45, 7) is 13.5. The van der Waals surface area contributed by atoms with Crippen molar-refractivity contribution in [2.75, 3.05) is 33.3 Å². The summed E-state index contributed by atoms with van der Waals surface area (Å²) in [7, 11) is 1.75. The second-order valence-corrected chi connectivity index (χ2v) is 7.17. The summed E-state index contributed by atoms with van der Waals surface area (Å²) in [5.74, 6) is 2.76. The first-order valence-corrected chi connectivity index (χ1v) is 10.4. The molecule has 0 saturated carbocycles. The molecule has 7 heteroatoms. The van der Waals surface area contributed by atoms with Gasteiger partial charge in [0.1, 0.15) is 12.4 Å². The van der Waals surface area contributed by atoms with Crippen molar-refractivity contribution in [3.63, 3.8) is 0 Å². The number of benzene rings is 1. The average molecular weight is 402 g/mol. The summed E-state index contributed by atoms with van der Waals surface area (Å²) < 4.78 is 11.2. The average Bonchev–Trinajstić information content (AvgIpc) is 3.22. The summed E-state index contributed by atoms with van der Waals surface area (Å²) >= 11 is 0. The molecule has 29 heavy (non-hydrogen) atoms. The smallest absolute Gasteiger partial charge is 0.191 e. The molecule has 0 atom stereocenters. The van der Waals surface area contributed by atoms with E-state index >= 15 is 0 Å². The molecule has 7 nitrogen and oxygen atoms in total. The molecule has 1 aromatic carbocycles. The number of hydrogen-bond donors (Lipinski definition) is 2. The molecule has 0 aliphatic rings. The quantitative estimate of drug-likeness (QED) is 0.444. The van der Waals surface area contributed by atoms with Crippen LogP contribution < -0.4 is 15.4 Å². The number of likely N-dealkylation sites (N-methyl/N-ethyl adjacent to an activating group) is 1. The molecule has 0 radical (unpaired) electrons. The third kappa shape index (κ3) is 7.77. The van der Waals surface area contributed by atoms with Crippen LogP contribution in [0.25, 0.3) is 0 Å². The number of hydrogen-bond acceptors (Lipinski definition) is 5. The van der Waals surface area contributed by atoms with Crippen molar-refractivity contribution in [3.05, 3.63) is 47.3 Å². The van der Waals surface area contributed by atoms with E-state index in [4.69, 9.17) is 9.26 Å². The predicted molar refractivity (Wildman–Crippen MR) is 117 cm³/mol. The van der Waals surface area contributed by atoms with Gasteiger partial charge in [-0.15, -0.1) is 0 Å². The second kappa shape index (κ2) is 12.1. The molecule has 0 aliphatic heterocycles. The normalized spacial score (nSPS) is 11.9. The molecule has 1 heterocycles. The van der Waals surface area contributed by atoms with Crippen LogP contribution in [0.2, 0.25) is 0 Å². The van der Waals surface area contributed by atoms with Crippen LogP contribution in [0.3, 0.4) is 0 Å². The van der Waals surface area contributed by atoms with E-state index in [1.165, 1.54) is 0 Å². The van der Waals surface area contributed by atoms with Gasteiger partial charge >= 0.3 is 0 Å². The highest BCUT2D eigenvalue weighted by atomic mass is 16.5. The minimum absolute atomic E-state index is 0.356. The number of nitrogens with zero attached hydrogens (tertiary/aromatic N) is 3. The lowest BCUT2D eigenvalue weighted by molar-refractivity contribution is 0.223. The van der Waals surface area contributed by atoms with Crippen molar-refractivity contribution in [1.29, 1.82) is 0 Å². The topological polar surface area (TPSA) is 74.9 Å². The van der Waals surface area contributed by atoms with Crippen LogP contribution in [0.5, 0.6) is 5.75 Å². The standard InChI is InChI=1S/C22H35N5O2/c1-6-27(7-2)12-13-28-19-10-8-18(9-11-19)15-24-22(23-5)25-16-20-14-21(17(3)4)26-29-20/h8-11,14,17H,6-7,12-13,15-16H2,1-5H3,(H2,23,24,25). The molecule has 2 N–H and O–H groups in total. The fourth-order valence-corrected chi connectivity index (χ4v) is 2.80. The Kier molecular flexibility index (Phi) is 9.50. The second-order valence-electron chi connectivity index (χ2n) is 7.17. The van der Waals surface area contributed by atoms with E-state index < -0.39 is 0 Å². The highest BCUT2D eigenvalue weighted by Gasteiger charge is 2.08. The molecule has 2 aromatic rings. The van der Waals surface area contributed by atoms with Crippen LogP contribution in [-0.2, 0) is 13.1 Å². The van der Waals surface area contributed by atoms with Gasteiger partial charge in [0, 0.05) is 26.2 Å². The summed E-state index contributed by atoms with van der Waals surface area (Å²) in [5.41, 5.74) is 2.12. The van der Waals surface area contributed by atoms with Crippen LogP contribution in [-0.4, -0.2) is 49.3 Å². The van der Waals surface area contributed by atoms with Crippen LogP contribution in [0, 0.1) is 0 Å². The summed E-state index contributed by atoms with van der Waals surface area (Å²) in [6.07, 6.45) is 0. The van der Waals surface area contributed by atoms with Crippen molar-refractivity contribution < 1.29 is 9.26 Å². The maximum absolute atomic E-state index is 5.83. The van der Waals surface area contributed by atoms with Crippen molar-refractivity contribution >= 4 is 5.96 Å². The zero-order chi connectivity index (χ0) is 21.1. The van der Waals surface area contributed by atoms with E-state index in [1.54, 1.807) is 7.05 Å². The Labute approximate surface area is 174 Å². The Morgan fingerprint density at radius 3 is 2.41 bits per heavy atom. The summed E-state index contributed by atoms with van der Waals surface area (Å²) in [5, 5.41) is 10.6.